The van der Waals surface area contributed by atoms with Gasteiger partial charge in [-0.25, -0.2) is 9.59 Å². The highest BCUT2D eigenvalue weighted by Crippen LogP contribution is 2.28. The van der Waals surface area contributed by atoms with Gasteiger partial charge in [0.25, 0.3) is 0 Å². The Bertz CT molecular complexity index is 573. The van der Waals surface area contributed by atoms with Gasteiger partial charge in [-0.2, -0.15) is 0 Å². The molecule has 0 spiro atoms. The maximum absolute atomic E-state index is 12.4. The number of carboxylic acids is 1. The second kappa shape index (κ2) is 7.14. The summed E-state index contributed by atoms with van der Waals surface area (Å²) in [6.07, 6.45) is 0.976. The first-order chi connectivity index (χ1) is 10.1. The lowest BCUT2D eigenvalue weighted by Crippen LogP contribution is -2.31. The van der Waals surface area contributed by atoms with Gasteiger partial charge in [0.2, 0.25) is 0 Å². The lowest BCUT2D eigenvalue weighted by molar-refractivity contribution is -0.00428. The van der Waals surface area contributed by atoms with E-state index in [1.165, 1.54) is 12.1 Å². The number of aryl methyl sites for hydroxylation is 1. The van der Waals surface area contributed by atoms with Crippen molar-refractivity contribution in [2.45, 2.75) is 53.6 Å². The van der Waals surface area contributed by atoms with Crippen molar-refractivity contribution in [3.8, 4) is 0 Å². The number of hydrogen-bond acceptors (Lipinski definition) is 3. The number of carbonyl (C=O) groups is 2. The average molecular weight is 327 g/mol. The molecule has 0 amide bonds. The molecule has 0 aliphatic rings. The van der Waals surface area contributed by atoms with Crippen LogP contribution in [0.2, 0.25) is 5.02 Å². The molecule has 0 fully saturated rings. The molecular formula is C17H23ClO4. The molecule has 0 heterocycles. The standard InChI is InChI=1S/C17H23ClO4/c1-6-10-8-12(11(15(19)20)9-13(10)18)16(21)22-14(7-2)17(3,4)5/h8-9,14H,6-7H2,1-5H3,(H,19,20). The first kappa shape index (κ1) is 18.5. The molecule has 0 saturated heterocycles. The number of carboxylic acid groups (broad SMARTS) is 1. The number of esters is 1. The van der Waals surface area contributed by atoms with Gasteiger partial charge in [-0.1, -0.05) is 46.2 Å². The van der Waals surface area contributed by atoms with Crippen molar-refractivity contribution < 1.29 is 19.4 Å². The van der Waals surface area contributed by atoms with Crippen molar-refractivity contribution in [2.24, 2.45) is 5.41 Å². The Morgan fingerprint density at radius 2 is 1.82 bits per heavy atom. The summed E-state index contributed by atoms with van der Waals surface area (Å²) in [4.78, 5) is 23.8. The van der Waals surface area contributed by atoms with Gasteiger partial charge < -0.3 is 9.84 Å². The van der Waals surface area contributed by atoms with E-state index in [0.717, 1.165) is 5.56 Å². The van der Waals surface area contributed by atoms with Gasteiger partial charge in [-0.3, -0.25) is 0 Å². The summed E-state index contributed by atoms with van der Waals surface area (Å²) in [5.41, 5.74) is 0.434. The third-order valence-electron chi connectivity index (χ3n) is 3.60. The summed E-state index contributed by atoms with van der Waals surface area (Å²) in [7, 11) is 0. The van der Waals surface area contributed by atoms with E-state index < -0.39 is 11.9 Å². The van der Waals surface area contributed by atoms with Gasteiger partial charge in [0, 0.05) is 5.02 Å². The minimum Gasteiger partial charge on any atom is -0.478 e. The summed E-state index contributed by atoms with van der Waals surface area (Å²) < 4.78 is 5.53. The van der Waals surface area contributed by atoms with Crippen molar-refractivity contribution in [3.63, 3.8) is 0 Å². The van der Waals surface area contributed by atoms with Crippen LogP contribution in [0.3, 0.4) is 0 Å². The Morgan fingerprint density at radius 1 is 1.23 bits per heavy atom. The molecule has 1 rings (SSSR count). The van der Waals surface area contributed by atoms with E-state index in [0.29, 0.717) is 17.9 Å². The van der Waals surface area contributed by atoms with Crippen molar-refractivity contribution in [1.82, 2.24) is 0 Å². The molecule has 4 nitrogen and oxygen atoms in total. The van der Waals surface area contributed by atoms with Crippen LogP contribution in [0.15, 0.2) is 12.1 Å². The maximum atomic E-state index is 12.4. The normalized spacial score (nSPS) is 12.8. The Hall–Kier alpha value is -1.55. The van der Waals surface area contributed by atoms with Crippen LogP contribution in [0.25, 0.3) is 0 Å². The first-order valence-corrected chi connectivity index (χ1v) is 7.76. The Labute approximate surface area is 136 Å². The highest BCUT2D eigenvalue weighted by Gasteiger charge is 2.29. The Kier molecular flexibility index (Phi) is 6.00. The number of carbonyl (C=O) groups excluding carboxylic acids is 1. The zero-order valence-electron chi connectivity index (χ0n) is 13.7. The second-order valence-electron chi connectivity index (χ2n) is 6.32. The SMILES string of the molecule is CCc1cc(C(=O)OC(CC)C(C)(C)C)c(C(=O)O)cc1Cl. The third kappa shape index (κ3) is 4.23. The fourth-order valence-electron chi connectivity index (χ4n) is 2.30. The lowest BCUT2D eigenvalue weighted by atomic mass is 9.87. The Balaban J connectivity index is 3.24. The molecular weight excluding hydrogens is 304 g/mol. The molecule has 0 radical (unpaired) electrons. The largest absolute Gasteiger partial charge is 0.478 e. The molecule has 0 saturated carbocycles. The van der Waals surface area contributed by atoms with Crippen LogP contribution in [0.5, 0.6) is 0 Å². The van der Waals surface area contributed by atoms with Crippen LogP contribution in [0, 0.1) is 5.41 Å². The molecule has 0 aliphatic heterocycles. The summed E-state index contributed by atoms with van der Waals surface area (Å²) >= 11 is 6.04. The number of hydrogen-bond donors (Lipinski definition) is 1. The van der Waals surface area contributed by atoms with Crippen LogP contribution in [-0.2, 0) is 11.2 Å². The highest BCUT2D eigenvalue weighted by atomic mass is 35.5. The van der Waals surface area contributed by atoms with Crippen molar-refractivity contribution >= 4 is 23.5 Å². The highest BCUT2D eigenvalue weighted by molar-refractivity contribution is 6.32. The quantitative estimate of drug-likeness (QED) is 0.804. The van der Waals surface area contributed by atoms with Crippen LogP contribution in [0.4, 0.5) is 0 Å². The molecule has 0 aromatic heterocycles. The van der Waals surface area contributed by atoms with Gasteiger partial charge >= 0.3 is 11.9 Å². The lowest BCUT2D eigenvalue weighted by Gasteiger charge is -2.29. The molecule has 1 aromatic rings. The monoisotopic (exact) mass is 326 g/mol. The number of benzene rings is 1. The Morgan fingerprint density at radius 3 is 2.23 bits per heavy atom. The number of aromatic carboxylic acids is 1. The average Bonchev–Trinajstić information content (AvgIpc) is 2.42. The van der Waals surface area contributed by atoms with Crippen molar-refractivity contribution in [3.05, 3.63) is 33.8 Å². The molecule has 1 aromatic carbocycles. The van der Waals surface area contributed by atoms with Gasteiger partial charge in [-0.15, -0.1) is 0 Å². The van der Waals surface area contributed by atoms with Gasteiger partial charge in [0.15, 0.2) is 0 Å². The molecule has 1 N–H and O–H groups in total. The summed E-state index contributed by atoms with van der Waals surface area (Å²) in [6.45, 7) is 9.76. The van der Waals surface area contributed by atoms with Crippen LogP contribution in [-0.4, -0.2) is 23.1 Å². The minimum atomic E-state index is -1.19. The summed E-state index contributed by atoms with van der Waals surface area (Å²) in [5, 5.41) is 9.63. The zero-order valence-corrected chi connectivity index (χ0v) is 14.5. The van der Waals surface area contributed by atoms with E-state index in [1.807, 2.05) is 34.6 Å². The van der Waals surface area contributed by atoms with Gasteiger partial charge in [0.05, 0.1) is 11.1 Å². The molecule has 22 heavy (non-hydrogen) atoms. The van der Waals surface area contributed by atoms with Crippen LogP contribution < -0.4 is 0 Å². The molecule has 0 bridgehead atoms. The fourth-order valence-corrected chi connectivity index (χ4v) is 2.60. The molecule has 122 valence electrons. The van der Waals surface area contributed by atoms with E-state index in [-0.39, 0.29) is 22.6 Å². The molecule has 0 aliphatic carbocycles. The van der Waals surface area contributed by atoms with E-state index in [2.05, 4.69) is 0 Å². The van der Waals surface area contributed by atoms with Crippen molar-refractivity contribution in [2.75, 3.05) is 0 Å². The molecule has 1 unspecified atom stereocenters. The second-order valence-corrected chi connectivity index (χ2v) is 6.72. The minimum absolute atomic E-state index is 0.0523. The number of halogens is 1. The van der Waals surface area contributed by atoms with E-state index in [1.54, 1.807) is 0 Å². The predicted molar refractivity (Wildman–Crippen MR) is 86.7 cm³/mol. The molecule has 1 atom stereocenters. The van der Waals surface area contributed by atoms with Crippen LogP contribution >= 0.6 is 11.6 Å². The van der Waals surface area contributed by atoms with E-state index >= 15 is 0 Å². The fraction of sp³-hybridized carbons (Fsp3) is 0.529. The molecule has 5 heteroatoms. The van der Waals surface area contributed by atoms with Gasteiger partial charge in [-0.05, 0) is 36.0 Å². The number of rotatable bonds is 5. The smallest absolute Gasteiger partial charge is 0.339 e. The van der Waals surface area contributed by atoms with E-state index in [4.69, 9.17) is 16.3 Å². The summed E-state index contributed by atoms with van der Waals surface area (Å²) in [5.74, 6) is -1.81. The zero-order chi connectivity index (χ0) is 17.1. The van der Waals surface area contributed by atoms with E-state index in [9.17, 15) is 14.7 Å². The maximum Gasteiger partial charge on any atom is 0.339 e. The predicted octanol–water partition coefficient (Wildman–Crippen LogP) is 4.58. The summed E-state index contributed by atoms with van der Waals surface area (Å²) in [6, 6.07) is 2.83. The number of ether oxygens (including phenoxy) is 1. The topological polar surface area (TPSA) is 63.6 Å². The van der Waals surface area contributed by atoms with Crippen LogP contribution in [0.1, 0.15) is 67.3 Å². The third-order valence-corrected chi connectivity index (χ3v) is 3.96. The van der Waals surface area contributed by atoms with Crippen molar-refractivity contribution in [1.29, 1.82) is 0 Å². The van der Waals surface area contributed by atoms with Gasteiger partial charge in [0.1, 0.15) is 6.10 Å². The first-order valence-electron chi connectivity index (χ1n) is 7.38.